The second kappa shape index (κ2) is 8.17. The first-order chi connectivity index (χ1) is 13.5. The SMILES string of the molecule is CCCC(=O)Nc1cccc2c1C(=O)c1c(NC(=O)CCC)cccc1C2=O. The highest BCUT2D eigenvalue weighted by atomic mass is 16.2. The van der Waals surface area contributed by atoms with Gasteiger partial charge in [-0.05, 0) is 25.0 Å². The Labute approximate surface area is 163 Å². The second-order valence-corrected chi connectivity index (χ2v) is 6.71. The molecule has 0 heterocycles. The number of carbonyl (C=O) groups excluding carboxylic acids is 4. The summed E-state index contributed by atoms with van der Waals surface area (Å²) >= 11 is 0. The predicted octanol–water partition coefficient (Wildman–Crippen LogP) is 3.94. The third kappa shape index (κ3) is 3.58. The molecule has 28 heavy (non-hydrogen) atoms. The van der Waals surface area contributed by atoms with Gasteiger partial charge in [0.2, 0.25) is 11.8 Å². The van der Waals surface area contributed by atoms with Crippen molar-refractivity contribution >= 4 is 34.8 Å². The average molecular weight is 378 g/mol. The zero-order valence-electron chi connectivity index (χ0n) is 15.9. The first kappa shape index (κ1) is 19.5. The van der Waals surface area contributed by atoms with Crippen molar-refractivity contribution in [2.75, 3.05) is 10.6 Å². The van der Waals surface area contributed by atoms with Gasteiger partial charge in [0.15, 0.2) is 11.6 Å². The van der Waals surface area contributed by atoms with Crippen molar-refractivity contribution < 1.29 is 19.2 Å². The summed E-state index contributed by atoms with van der Waals surface area (Å²) in [5.41, 5.74) is 1.47. The van der Waals surface area contributed by atoms with E-state index in [4.69, 9.17) is 0 Å². The van der Waals surface area contributed by atoms with E-state index in [1.54, 1.807) is 36.4 Å². The Balaban J connectivity index is 2.08. The van der Waals surface area contributed by atoms with Crippen LogP contribution in [0.25, 0.3) is 0 Å². The Morgan fingerprint density at radius 2 is 1.14 bits per heavy atom. The van der Waals surface area contributed by atoms with Crippen LogP contribution in [0.2, 0.25) is 0 Å². The van der Waals surface area contributed by atoms with Gasteiger partial charge in [-0.15, -0.1) is 0 Å². The summed E-state index contributed by atoms with van der Waals surface area (Å²) in [5, 5.41) is 5.47. The molecule has 6 heteroatoms. The van der Waals surface area contributed by atoms with Gasteiger partial charge in [-0.25, -0.2) is 0 Å². The molecule has 0 unspecified atom stereocenters. The van der Waals surface area contributed by atoms with Crippen LogP contribution in [0.1, 0.15) is 71.4 Å². The minimum Gasteiger partial charge on any atom is -0.325 e. The highest BCUT2D eigenvalue weighted by molar-refractivity contribution is 6.32. The number of fused-ring (bicyclic) bond motifs is 2. The number of carbonyl (C=O) groups is 4. The maximum absolute atomic E-state index is 13.3. The van der Waals surface area contributed by atoms with Crippen LogP contribution in [0.4, 0.5) is 11.4 Å². The van der Waals surface area contributed by atoms with E-state index in [2.05, 4.69) is 10.6 Å². The Kier molecular flexibility index (Phi) is 5.68. The molecule has 0 saturated carbocycles. The summed E-state index contributed by atoms with van der Waals surface area (Å²) in [6, 6.07) is 9.67. The predicted molar refractivity (Wildman–Crippen MR) is 107 cm³/mol. The molecule has 0 aromatic heterocycles. The largest absolute Gasteiger partial charge is 0.325 e. The number of hydrogen-bond donors (Lipinski definition) is 2. The van der Waals surface area contributed by atoms with Gasteiger partial charge < -0.3 is 10.6 Å². The number of anilines is 2. The molecule has 6 nitrogen and oxygen atoms in total. The fourth-order valence-corrected chi connectivity index (χ4v) is 3.33. The Morgan fingerprint density at radius 3 is 1.54 bits per heavy atom. The van der Waals surface area contributed by atoms with Crippen LogP contribution >= 0.6 is 0 Å². The maximum atomic E-state index is 13.3. The van der Waals surface area contributed by atoms with Gasteiger partial charge in [0, 0.05) is 24.0 Å². The Morgan fingerprint density at radius 1 is 0.714 bits per heavy atom. The van der Waals surface area contributed by atoms with Crippen LogP contribution < -0.4 is 10.6 Å². The quantitative estimate of drug-likeness (QED) is 0.679. The lowest BCUT2D eigenvalue weighted by Gasteiger charge is -2.22. The van der Waals surface area contributed by atoms with Crippen LogP contribution in [0.3, 0.4) is 0 Å². The summed E-state index contributed by atoms with van der Waals surface area (Å²) in [6.07, 6.45) is 1.98. The first-order valence-electron chi connectivity index (χ1n) is 9.43. The normalized spacial score (nSPS) is 12.2. The van der Waals surface area contributed by atoms with E-state index in [1.807, 2.05) is 13.8 Å². The fraction of sp³-hybridized carbons (Fsp3) is 0.273. The third-order valence-electron chi connectivity index (χ3n) is 4.57. The summed E-state index contributed by atoms with van der Waals surface area (Å²) in [5.74, 6) is -1.12. The number of benzene rings is 2. The molecule has 1 aliphatic carbocycles. The van der Waals surface area contributed by atoms with E-state index in [-0.39, 0.29) is 45.6 Å². The standard InChI is InChI=1S/C22H22N2O4/c1-3-7-17(25)23-15-11-5-9-13-19(15)22(28)20-14(21(13)27)10-6-12-16(20)24-18(26)8-4-2/h5-6,9-12H,3-4,7-8H2,1-2H3,(H,23,25)(H,24,26). The van der Waals surface area contributed by atoms with Crippen LogP contribution in [0.15, 0.2) is 36.4 Å². The summed E-state index contributed by atoms with van der Waals surface area (Å²) in [7, 11) is 0. The Bertz CT molecular complexity index is 903. The number of amides is 2. The van der Waals surface area contributed by atoms with Crippen molar-refractivity contribution in [1.82, 2.24) is 0 Å². The third-order valence-corrected chi connectivity index (χ3v) is 4.57. The van der Waals surface area contributed by atoms with Crippen LogP contribution in [-0.4, -0.2) is 23.4 Å². The van der Waals surface area contributed by atoms with Gasteiger partial charge in [0.1, 0.15) is 0 Å². The number of ketones is 2. The summed E-state index contributed by atoms with van der Waals surface area (Å²) < 4.78 is 0. The van der Waals surface area contributed by atoms with Crippen molar-refractivity contribution in [3.05, 3.63) is 58.7 Å². The van der Waals surface area contributed by atoms with E-state index < -0.39 is 0 Å². The van der Waals surface area contributed by atoms with Crippen molar-refractivity contribution in [1.29, 1.82) is 0 Å². The van der Waals surface area contributed by atoms with Gasteiger partial charge in [-0.1, -0.05) is 38.1 Å². The van der Waals surface area contributed by atoms with E-state index in [0.29, 0.717) is 37.1 Å². The topological polar surface area (TPSA) is 92.3 Å². The molecule has 0 fully saturated rings. The van der Waals surface area contributed by atoms with Gasteiger partial charge in [-0.3, -0.25) is 19.2 Å². The second-order valence-electron chi connectivity index (χ2n) is 6.71. The molecule has 3 rings (SSSR count). The minimum atomic E-state index is -0.385. The van der Waals surface area contributed by atoms with E-state index in [0.717, 1.165) is 0 Å². The van der Waals surface area contributed by atoms with Gasteiger partial charge in [0.05, 0.1) is 22.5 Å². The van der Waals surface area contributed by atoms with E-state index >= 15 is 0 Å². The number of nitrogens with one attached hydrogen (secondary N) is 2. The van der Waals surface area contributed by atoms with Gasteiger partial charge in [0.25, 0.3) is 0 Å². The lowest BCUT2D eigenvalue weighted by Crippen LogP contribution is -2.26. The van der Waals surface area contributed by atoms with E-state index in [9.17, 15) is 19.2 Å². The van der Waals surface area contributed by atoms with Crippen molar-refractivity contribution in [2.45, 2.75) is 39.5 Å². The minimum absolute atomic E-state index is 0.168. The lowest BCUT2D eigenvalue weighted by molar-refractivity contribution is -0.117. The molecule has 0 atom stereocenters. The van der Waals surface area contributed by atoms with Crippen molar-refractivity contribution in [2.24, 2.45) is 0 Å². The molecule has 0 spiro atoms. The molecule has 144 valence electrons. The smallest absolute Gasteiger partial charge is 0.224 e. The highest BCUT2D eigenvalue weighted by Gasteiger charge is 2.34. The molecule has 2 aromatic rings. The molecule has 1 aliphatic rings. The molecule has 2 amide bonds. The molecule has 0 radical (unpaired) electrons. The average Bonchev–Trinajstić information content (AvgIpc) is 2.66. The number of rotatable bonds is 6. The molecule has 0 aliphatic heterocycles. The highest BCUT2D eigenvalue weighted by Crippen LogP contribution is 2.35. The molecule has 0 saturated heterocycles. The molecule has 0 bridgehead atoms. The fourth-order valence-electron chi connectivity index (χ4n) is 3.33. The monoisotopic (exact) mass is 378 g/mol. The Hall–Kier alpha value is -3.28. The van der Waals surface area contributed by atoms with Crippen molar-refractivity contribution in [3.8, 4) is 0 Å². The molecular weight excluding hydrogens is 356 g/mol. The molecular formula is C22H22N2O4. The molecule has 2 aromatic carbocycles. The van der Waals surface area contributed by atoms with Gasteiger partial charge in [-0.2, -0.15) is 0 Å². The van der Waals surface area contributed by atoms with Crippen LogP contribution in [0.5, 0.6) is 0 Å². The zero-order valence-corrected chi connectivity index (χ0v) is 15.9. The molecule has 2 N–H and O–H groups in total. The summed E-state index contributed by atoms with van der Waals surface area (Å²) in [4.78, 5) is 50.4. The van der Waals surface area contributed by atoms with Crippen molar-refractivity contribution in [3.63, 3.8) is 0 Å². The van der Waals surface area contributed by atoms with E-state index in [1.165, 1.54) is 0 Å². The number of hydrogen-bond acceptors (Lipinski definition) is 4. The van der Waals surface area contributed by atoms with Gasteiger partial charge >= 0.3 is 0 Å². The zero-order chi connectivity index (χ0) is 20.3. The summed E-state index contributed by atoms with van der Waals surface area (Å²) in [6.45, 7) is 3.77. The maximum Gasteiger partial charge on any atom is 0.224 e. The first-order valence-corrected chi connectivity index (χ1v) is 9.43. The van der Waals surface area contributed by atoms with Crippen LogP contribution in [-0.2, 0) is 9.59 Å². The lowest BCUT2D eigenvalue weighted by atomic mass is 9.82. The van der Waals surface area contributed by atoms with Crippen LogP contribution in [0, 0.1) is 0 Å².